The Morgan fingerprint density at radius 2 is 1.57 bits per heavy atom. The molecule has 0 bridgehead atoms. The Hall–Kier alpha value is -0.260. The summed E-state index contributed by atoms with van der Waals surface area (Å²) in [7, 11) is 0. The second kappa shape index (κ2) is 3.72. The fraction of sp³-hybridized carbons (Fsp3) is 0.857. The molecule has 0 aromatic heterocycles. The molecule has 0 fully saturated rings. The number of rotatable bonds is 2. The summed E-state index contributed by atoms with van der Waals surface area (Å²) in [5, 5.41) is 0. The van der Waals surface area contributed by atoms with Crippen LogP contribution in [-0.4, -0.2) is 0 Å². The van der Waals surface area contributed by atoms with Crippen LogP contribution in [0.15, 0.2) is 11.1 Å². The van der Waals surface area contributed by atoms with E-state index in [1.807, 2.05) is 0 Å². The first-order valence-corrected chi connectivity index (χ1v) is 6.01. The van der Waals surface area contributed by atoms with Crippen LogP contribution >= 0.6 is 0 Å². The molecule has 0 spiro atoms. The summed E-state index contributed by atoms with van der Waals surface area (Å²) >= 11 is 0. The van der Waals surface area contributed by atoms with Gasteiger partial charge >= 0.3 is 0 Å². The minimum atomic E-state index is 0.424. The molecular formula is C14H26. The molecule has 0 N–H and O–H groups in total. The van der Waals surface area contributed by atoms with Gasteiger partial charge in [-0.25, -0.2) is 0 Å². The lowest BCUT2D eigenvalue weighted by Gasteiger charge is -2.31. The first kappa shape index (κ1) is 11.8. The molecular weight excluding hydrogens is 168 g/mol. The molecule has 1 aliphatic rings. The maximum atomic E-state index is 2.42. The van der Waals surface area contributed by atoms with E-state index in [2.05, 4.69) is 48.5 Å². The van der Waals surface area contributed by atoms with Crippen molar-refractivity contribution >= 4 is 0 Å². The van der Waals surface area contributed by atoms with E-state index in [9.17, 15) is 0 Å². The molecule has 82 valence electrons. The van der Waals surface area contributed by atoms with Crippen molar-refractivity contribution < 1.29 is 0 Å². The van der Waals surface area contributed by atoms with Gasteiger partial charge in [-0.2, -0.15) is 0 Å². The predicted octanol–water partition coefficient (Wildman–Crippen LogP) is 4.66. The summed E-state index contributed by atoms with van der Waals surface area (Å²) in [4.78, 5) is 0. The third kappa shape index (κ3) is 1.76. The highest BCUT2D eigenvalue weighted by atomic mass is 14.4. The van der Waals surface area contributed by atoms with E-state index >= 15 is 0 Å². The first-order chi connectivity index (χ1) is 6.28. The fourth-order valence-electron chi connectivity index (χ4n) is 3.04. The Kier molecular flexibility index (Phi) is 3.13. The average molecular weight is 194 g/mol. The van der Waals surface area contributed by atoms with Crippen molar-refractivity contribution in [2.45, 2.75) is 54.9 Å². The highest BCUT2D eigenvalue weighted by molar-refractivity contribution is 5.31. The lowest BCUT2D eigenvalue weighted by Crippen LogP contribution is -2.21. The smallest absolute Gasteiger partial charge is 0.0111 e. The van der Waals surface area contributed by atoms with Gasteiger partial charge in [-0.3, -0.25) is 0 Å². The van der Waals surface area contributed by atoms with Gasteiger partial charge in [0.25, 0.3) is 0 Å². The molecule has 0 aromatic rings. The summed E-state index contributed by atoms with van der Waals surface area (Å²) < 4.78 is 0. The Balaban J connectivity index is 3.14. The monoisotopic (exact) mass is 194 g/mol. The summed E-state index contributed by atoms with van der Waals surface area (Å²) in [6.45, 7) is 16.6. The molecule has 0 saturated heterocycles. The summed E-state index contributed by atoms with van der Waals surface area (Å²) in [5.41, 5.74) is 3.89. The van der Waals surface area contributed by atoms with Gasteiger partial charge in [0.05, 0.1) is 0 Å². The van der Waals surface area contributed by atoms with E-state index in [4.69, 9.17) is 0 Å². The second-order valence-electron chi connectivity index (χ2n) is 6.08. The van der Waals surface area contributed by atoms with Crippen molar-refractivity contribution in [2.24, 2.45) is 23.2 Å². The quantitative estimate of drug-likeness (QED) is 0.561. The standard InChI is InChI=1S/C14H26/c1-9(2)12-8-11(5)14(6,7)13(12)10(3)4/h9-11H,8H2,1-7H3. The van der Waals surface area contributed by atoms with Crippen LogP contribution in [0.1, 0.15) is 54.9 Å². The fourth-order valence-corrected chi connectivity index (χ4v) is 3.04. The van der Waals surface area contributed by atoms with Crippen LogP contribution in [-0.2, 0) is 0 Å². The van der Waals surface area contributed by atoms with Crippen LogP contribution in [0.2, 0.25) is 0 Å². The van der Waals surface area contributed by atoms with Crippen molar-refractivity contribution in [3.05, 3.63) is 11.1 Å². The largest absolute Gasteiger partial charge is 0.0673 e. The Bertz CT molecular complexity index is 241. The van der Waals surface area contributed by atoms with Crippen molar-refractivity contribution in [2.75, 3.05) is 0 Å². The van der Waals surface area contributed by atoms with E-state index in [0.717, 1.165) is 11.8 Å². The molecule has 0 aromatic carbocycles. The predicted molar refractivity (Wildman–Crippen MR) is 64.3 cm³/mol. The topological polar surface area (TPSA) is 0 Å². The molecule has 0 heterocycles. The zero-order chi connectivity index (χ0) is 11.1. The molecule has 0 aliphatic heterocycles. The van der Waals surface area contributed by atoms with E-state index in [1.165, 1.54) is 6.42 Å². The zero-order valence-electron chi connectivity index (χ0n) is 10.9. The molecule has 1 atom stereocenters. The lowest BCUT2D eigenvalue weighted by molar-refractivity contribution is 0.297. The average Bonchev–Trinajstić information content (AvgIpc) is 2.23. The zero-order valence-corrected chi connectivity index (χ0v) is 10.9. The van der Waals surface area contributed by atoms with Crippen molar-refractivity contribution in [3.8, 4) is 0 Å². The molecule has 0 nitrogen and oxygen atoms in total. The van der Waals surface area contributed by atoms with E-state index in [-0.39, 0.29) is 0 Å². The van der Waals surface area contributed by atoms with Crippen LogP contribution in [0.4, 0.5) is 0 Å². The van der Waals surface area contributed by atoms with Gasteiger partial charge in [0.1, 0.15) is 0 Å². The van der Waals surface area contributed by atoms with Crippen molar-refractivity contribution in [1.29, 1.82) is 0 Å². The number of hydrogen-bond donors (Lipinski definition) is 0. The third-order valence-corrected chi connectivity index (χ3v) is 4.07. The van der Waals surface area contributed by atoms with Crippen LogP contribution < -0.4 is 0 Å². The van der Waals surface area contributed by atoms with Crippen molar-refractivity contribution in [3.63, 3.8) is 0 Å². The van der Waals surface area contributed by atoms with Gasteiger partial charge in [-0.1, -0.05) is 59.6 Å². The second-order valence-corrected chi connectivity index (χ2v) is 6.08. The Morgan fingerprint density at radius 1 is 1.07 bits per heavy atom. The molecule has 0 heteroatoms. The van der Waals surface area contributed by atoms with Crippen LogP contribution in [0.25, 0.3) is 0 Å². The van der Waals surface area contributed by atoms with Crippen molar-refractivity contribution in [1.82, 2.24) is 0 Å². The van der Waals surface area contributed by atoms with Gasteiger partial charge in [0, 0.05) is 0 Å². The number of allylic oxidation sites excluding steroid dienone is 2. The highest BCUT2D eigenvalue weighted by Crippen LogP contribution is 2.51. The Morgan fingerprint density at radius 3 is 1.86 bits per heavy atom. The van der Waals surface area contributed by atoms with E-state index < -0.39 is 0 Å². The lowest BCUT2D eigenvalue weighted by atomic mass is 9.74. The number of hydrogen-bond acceptors (Lipinski definition) is 0. The molecule has 0 saturated carbocycles. The van der Waals surface area contributed by atoms with Crippen LogP contribution in [0.3, 0.4) is 0 Å². The van der Waals surface area contributed by atoms with E-state index in [0.29, 0.717) is 11.3 Å². The van der Waals surface area contributed by atoms with Crippen LogP contribution in [0.5, 0.6) is 0 Å². The van der Waals surface area contributed by atoms with Crippen LogP contribution in [0, 0.1) is 23.2 Å². The summed E-state index contributed by atoms with van der Waals surface area (Å²) in [6, 6.07) is 0. The minimum Gasteiger partial charge on any atom is -0.0673 e. The van der Waals surface area contributed by atoms with E-state index in [1.54, 1.807) is 11.1 Å². The van der Waals surface area contributed by atoms with Gasteiger partial charge in [0.15, 0.2) is 0 Å². The molecule has 1 unspecified atom stereocenters. The van der Waals surface area contributed by atoms with Gasteiger partial charge in [-0.15, -0.1) is 0 Å². The molecule has 1 aliphatic carbocycles. The summed E-state index contributed by atoms with van der Waals surface area (Å²) in [5.74, 6) is 2.27. The minimum absolute atomic E-state index is 0.424. The molecule has 0 radical (unpaired) electrons. The van der Waals surface area contributed by atoms with Gasteiger partial charge < -0.3 is 0 Å². The molecule has 14 heavy (non-hydrogen) atoms. The van der Waals surface area contributed by atoms with Gasteiger partial charge in [0.2, 0.25) is 0 Å². The normalized spacial score (nSPS) is 26.8. The third-order valence-electron chi connectivity index (χ3n) is 4.07. The Labute approximate surface area is 89.8 Å². The SMILES string of the molecule is CC(C)C1=C(C(C)C)C(C)(C)C(C)C1. The maximum Gasteiger partial charge on any atom is -0.0111 e. The molecule has 0 amide bonds. The molecule has 1 rings (SSSR count). The highest BCUT2D eigenvalue weighted by Gasteiger charge is 2.39. The van der Waals surface area contributed by atoms with Gasteiger partial charge in [-0.05, 0) is 29.6 Å². The first-order valence-electron chi connectivity index (χ1n) is 6.01. The maximum absolute atomic E-state index is 2.42. The summed E-state index contributed by atoms with van der Waals surface area (Å²) in [6.07, 6.45) is 1.32.